The number of hydrogen-bond donors (Lipinski definition) is 2. The molecule has 1 saturated heterocycles. The van der Waals surface area contributed by atoms with Gasteiger partial charge in [0.1, 0.15) is 0 Å². The summed E-state index contributed by atoms with van der Waals surface area (Å²) in [5, 5.41) is 14.1. The third kappa shape index (κ3) is 3.32. The molecular formula is C20H32N2O3. The Labute approximate surface area is 150 Å². The molecule has 0 aromatic heterocycles. The number of rotatable bonds is 5. The fourth-order valence-electron chi connectivity index (χ4n) is 6.59. The smallest absolute Gasteiger partial charge is 0.222 e. The normalized spacial score (nSPS) is 41.0. The summed E-state index contributed by atoms with van der Waals surface area (Å²) in [6, 6.07) is 0.106. The summed E-state index contributed by atoms with van der Waals surface area (Å²) in [5.41, 5.74) is -0.404. The van der Waals surface area contributed by atoms with Gasteiger partial charge in [0.05, 0.1) is 5.60 Å². The van der Waals surface area contributed by atoms with E-state index in [0.717, 1.165) is 51.5 Å². The van der Waals surface area contributed by atoms with Crippen LogP contribution in [-0.2, 0) is 9.59 Å². The summed E-state index contributed by atoms with van der Waals surface area (Å²) in [5.74, 6) is 1.51. The third-order valence-electron chi connectivity index (χ3n) is 7.40. The summed E-state index contributed by atoms with van der Waals surface area (Å²) in [4.78, 5) is 26.2. The van der Waals surface area contributed by atoms with E-state index in [1.807, 2.05) is 4.90 Å². The SMILES string of the molecule is CC(NC(=O)CCN1CCCCC1=O)C12CC3CC(CC(O)(C3)C1)C2. The summed E-state index contributed by atoms with van der Waals surface area (Å²) in [6.45, 7) is 3.46. The highest BCUT2D eigenvalue weighted by Crippen LogP contribution is 2.62. The van der Waals surface area contributed by atoms with E-state index in [2.05, 4.69) is 12.2 Å². The summed E-state index contributed by atoms with van der Waals surface area (Å²) in [7, 11) is 0. The zero-order chi connectivity index (χ0) is 17.7. The molecule has 4 aliphatic carbocycles. The summed E-state index contributed by atoms with van der Waals surface area (Å²) in [6.07, 6.45) is 9.38. The Kier molecular flexibility index (Phi) is 4.33. The van der Waals surface area contributed by atoms with Crippen LogP contribution in [-0.4, -0.2) is 46.6 Å². The second-order valence-electron chi connectivity index (χ2n) is 9.42. The van der Waals surface area contributed by atoms with Gasteiger partial charge >= 0.3 is 0 Å². The fraction of sp³-hybridized carbons (Fsp3) is 0.900. The topological polar surface area (TPSA) is 69.6 Å². The predicted octanol–water partition coefficient (Wildman–Crippen LogP) is 2.22. The first-order valence-corrected chi connectivity index (χ1v) is 10.2. The van der Waals surface area contributed by atoms with Crippen molar-refractivity contribution in [1.82, 2.24) is 10.2 Å². The van der Waals surface area contributed by atoms with Crippen molar-refractivity contribution >= 4 is 11.8 Å². The lowest BCUT2D eigenvalue weighted by atomic mass is 9.46. The number of nitrogens with zero attached hydrogens (tertiary/aromatic N) is 1. The molecule has 0 spiro atoms. The molecule has 0 aromatic carbocycles. The minimum absolute atomic E-state index is 0.0496. The highest BCUT2D eigenvalue weighted by molar-refractivity contribution is 5.79. The highest BCUT2D eigenvalue weighted by Gasteiger charge is 2.58. The van der Waals surface area contributed by atoms with E-state index in [9.17, 15) is 14.7 Å². The molecule has 1 heterocycles. The molecule has 3 unspecified atom stereocenters. The maximum atomic E-state index is 12.5. The minimum Gasteiger partial charge on any atom is -0.390 e. The lowest BCUT2D eigenvalue weighted by Crippen LogP contribution is -2.61. The zero-order valence-corrected chi connectivity index (χ0v) is 15.4. The average molecular weight is 348 g/mol. The van der Waals surface area contributed by atoms with Crippen LogP contribution in [0.4, 0.5) is 0 Å². The van der Waals surface area contributed by atoms with Gasteiger partial charge in [0.25, 0.3) is 0 Å². The molecule has 2 N–H and O–H groups in total. The first-order valence-electron chi connectivity index (χ1n) is 10.2. The highest BCUT2D eigenvalue weighted by atomic mass is 16.3. The molecule has 5 fully saturated rings. The molecule has 1 aliphatic heterocycles. The maximum absolute atomic E-state index is 12.5. The van der Waals surface area contributed by atoms with Gasteiger partial charge in [-0.05, 0) is 75.5 Å². The number of carbonyl (C=O) groups is 2. The second-order valence-corrected chi connectivity index (χ2v) is 9.42. The Morgan fingerprint density at radius 3 is 2.64 bits per heavy atom. The molecule has 140 valence electrons. The lowest BCUT2D eigenvalue weighted by molar-refractivity contribution is -0.173. The van der Waals surface area contributed by atoms with E-state index in [0.29, 0.717) is 31.2 Å². The van der Waals surface area contributed by atoms with Crippen LogP contribution >= 0.6 is 0 Å². The van der Waals surface area contributed by atoms with E-state index >= 15 is 0 Å². The number of nitrogens with one attached hydrogen (secondary N) is 1. The van der Waals surface area contributed by atoms with E-state index in [1.165, 1.54) is 6.42 Å². The molecule has 0 aromatic rings. The van der Waals surface area contributed by atoms with Crippen molar-refractivity contribution in [3.63, 3.8) is 0 Å². The molecule has 5 aliphatic rings. The lowest BCUT2D eigenvalue weighted by Gasteiger charge is -2.62. The Balaban J connectivity index is 1.33. The van der Waals surface area contributed by atoms with Gasteiger partial charge in [-0.15, -0.1) is 0 Å². The molecule has 0 radical (unpaired) electrons. The summed E-state index contributed by atoms with van der Waals surface area (Å²) >= 11 is 0. The molecular weight excluding hydrogens is 316 g/mol. The molecule has 4 saturated carbocycles. The maximum Gasteiger partial charge on any atom is 0.222 e. The number of piperidine rings is 1. The predicted molar refractivity (Wildman–Crippen MR) is 94.7 cm³/mol. The van der Waals surface area contributed by atoms with Gasteiger partial charge in [-0.1, -0.05) is 0 Å². The van der Waals surface area contributed by atoms with E-state index in [4.69, 9.17) is 0 Å². The number of aliphatic hydroxyl groups is 1. The fourth-order valence-corrected chi connectivity index (χ4v) is 6.59. The minimum atomic E-state index is -0.483. The molecule has 5 heteroatoms. The van der Waals surface area contributed by atoms with Gasteiger partial charge in [-0.25, -0.2) is 0 Å². The van der Waals surface area contributed by atoms with E-state index in [1.54, 1.807) is 0 Å². The molecule has 5 nitrogen and oxygen atoms in total. The van der Waals surface area contributed by atoms with Crippen molar-refractivity contribution in [3.8, 4) is 0 Å². The molecule has 2 amide bonds. The van der Waals surface area contributed by atoms with Crippen LogP contribution in [0.1, 0.15) is 71.1 Å². The molecule has 3 atom stereocenters. The van der Waals surface area contributed by atoms with Crippen LogP contribution < -0.4 is 5.32 Å². The monoisotopic (exact) mass is 348 g/mol. The van der Waals surface area contributed by atoms with Gasteiger partial charge in [0, 0.05) is 32.0 Å². The van der Waals surface area contributed by atoms with Crippen molar-refractivity contribution in [2.45, 2.75) is 82.8 Å². The van der Waals surface area contributed by atoms with Crippen molar-refractivity contribution in [2.24, 2.45) is 17.3 Å². The first kappa shape index (κ1) is 17.3. The Hall–Kier alpha value is -1.10. The number of carbonyl (C=O) groups excluding carboxylic acids is 2. The van der Waals surface area contributed by atoms with Crippen LogP contribution in [0.5, 0.6) is 0 Å². The van der Waals surface area contributed by atoms with Crippen LogP contribution in [0.25, 0.3) is 0 Å². The van der Waals surface area contributed by atoms with Crippen molar-refractivity contribution < 1.29 is 14.7 Å². The average Bonchev–Trinajstić information content (AvgIpc) is 2.51. The molecule has 5 rings (SSSR count). The van der Waals surface area contributed by atoms with Gasteiger partial charge in [-0.3, -0.25) is 9.59 Å². The number of hydrogen-bond acceptors (Lipinski definition) is 3. The van der Waals surface area contributed by atoms with Crippen LogP contribution in [0.2, 0.25) is 0 Å². The standard InChI is InChI=1S/C20H32N2O3/c1-14(21-17(23)5-7-22-6-3-2-4-18(22)24)19-9-15-8-16(10-19)12-20(25,11-15)13-19/h14-16,25H,2-13H2,1H3,(H,21,23). The van der Waals surface area contributed by atoms with Gasteiger partial charge in [-0.2, -0.15) is 0 Å². The van der Waals surface area contributed by atoms with Crippen molar-refractivity contribution in [3.05, 3.63) is 0 Å². The quantitative estimate of drug-likeness (QED) is 0.800. The van der Waals surface area contributed by atoms with Crippen molar-refractivity contribution in [1.29, 1.82) is 0 Å². The van der Waals surface area contributed by atoms with Gasteiger partial charge in [0.2, 0.25) is 11.8 Å². The van der Waals surface area contributed by atoms with Gasteiger partial charge in [0.15, 0.2) is 0 Å². The van der Waals surface area contributed by atoms with E-state index < -0.39 is 5.60 Å². The molecule has 4 bridgehead atoms. The summed E-state index contributed by atoms with van der Waals surface area (Å²) < 4.78 is 0. The largest absolute Gasteiger partial charge is 0.390 e. The third-order valence-corrected chi connectivity index (χ3v) is 7.40. The Bertz CT molecular complexity index is 547. The number of amides is 2. The van der Waals surface area contributed by atoms with Crippen molar-refractivity contribution in [2.75, 3.05) is 13.1 Å². The Morgan fingerprint density at radius 1 is 1.28 bits per heavy atom. The first-order chi connectivity index (χ1) is 11.9. The number of likely N-dealkylation sites (tertiary alicyclic amines) is 1. The van der Waals surface area contributed by atoms with Crippen LogP contribution in [0.15, 0.2) is 0 Å². The van der Waals surface area contributed by atoms with Crippen LogP contribution in [0.3, 0.4) is 0 Å². The zero-order valence-electron chi connectivity index (χ0n) is 15.4. The Morgan fingerprint density at radius 2 is 2.00 bits per heavy atom. The van der Waals surface area contributed by atoms with Gasteiger partial charge < -0.3 is 15.3 Å². The van der Waals surface area contributed by atoms with E-state index in [-0.39, 0.29) is 23.3 Å². The molecule has 25 heavy (non-hydrogen) atoms. The van der Waals surface area contributed by atoms with Crippen LogP contribution in [0, 0.1) is 17.3 Å². The second kappa shape index (κ2) is 6.26.